The molecule has 2 atom stereocenters. The van der Waals surface area contributed by atoms with Gasteiger partial charge in [-0.3, -0.25) is 14.5 Å². The van der Waals surface area contributed by atoms with Crippen LogP contribution in [0.4, 0.5) is 0 Å². The van der Waals surface area contributed by atoms with E-state index in [0.29, 0.717) is 11.3 Å². The monoisotopic (exact) mass is 398 g/mol. The number of nitrogens with one attached hydrogen (secondary N) is 1. The molecule has 0 aliphatic carbocycles. The number of carbonyl (C=O) groups excluding carboxylic acids is 2. The highest BCUT2D eigenvalue weighted by atomic mass is 32.2. The highest BCUT2D eigenvalue weighted by molar-refractivity contribution is 8.00. The molecular formula is C18H26N2O4S2. The third-order valence-corrected chi connectivity index (χ3v) is 6.19. The minimum Gasteiger partial charge on any atom is -0.477 e. The lowest BCUT2D eigenvalue weighted by molar-refractivity contribution is -0.150. The number of aliphatic carboxylic acids is 1. The molecule has 26 heavy (non-hydrogen) atoms. The topological polar surface area (TPSA) is 86.7 Å². The summed E-state index contributed by atoms with van der Waals surface area (Å²) in [5.41, 5.74) is 0.718. The zero-order valence-electron chi connectivity index (χ0n) is 15.2. The molecule has 0 radical (unpaired) electrons. The molecule has 1 unspecified atom stereocenters. The second-order valence-corrected chi connectivity index (χ2v) is 8.29. The van der Waals surface area contributed by atoms with Crippen LogP contribution in [0.3, 0.4) is 0 Å². The van der Waals surface area contributed by atoms with Gasteiger partial charge in [-0.1, -0.05) is 38.3 Å². The number of carboxylic acids is 1. The Hall–Kier alpha value is -1.41. The van der Waals surface area contributed by atoms with Crippen molar-refractivity contribution >= 4 is 41.3 Å². The summed E-state index contributed by atoms with van der Waals surface area (Å²) in [6.45, 7) is 2.16. The number of hydrogen-bond acceptors (Lipinski definition) is 5. The fourth-order valence-electron chi connectivity index (χ4n) is 3.03. The summed E-state index contributed by atoms with van der Waals surface area (Å²) in [5, 5.41) is 12.0. The molecule has 2 rings (SSSR count). The normalized spacial score (nSPS) is 22.4. The fourth-order valence-corrected chi connectivity index (χ4v) is 4.70. The van der Waals surface area contributed by atoms with Gasteiger partial charge < -0.3 is 10.4 Å². The second-order valence-electron chi connectivity index (χ2n) is 6.32. The van der Waals surface area contributed by atoms with Crippen molar-refractivity contribution in [2.45, 2.75) is 50.4 Å². The van der Waals surface area contributed by atoms with Gasteiger partial charge in [0.1, 0.15) is 17.1 Å². The van der Waals surface area contributed by atoms with Crippen LogP contribution in [0.5, 0.6) is 0 Å². The van der Waals surface area contributed by atoms with E-state index in [-0.39, 0.29) is 28.6 Å². The predicted molar refractivity (Wildman–Crippen MR) is 106 cm³/mol. The molecule has 0 bridgehead atoms. The number of carboxylic acid groups (broad SMARTS) is 1. The maximum Gasteiger partial charge on any atom is 0.352 e. The van der Waals surface area contributed by atoms with Gasteiger partial charge in [-0.15, -0.1) is 11.8 Å². The summed E-state index contributed by atoms with van der Waals surface area (Å²) >= 11 is 2.88. The van der Waals surface area contributed by atoms with E-state index in [0.717, 1.165) is 12.8 Å². The molecule has 0 aromatic rings. The van der Waals surface area contributed by atoms with Crippen LogP contribution in [0.25, 0.3) is 0 Å². The Morgan fingerprint density at radius 2 is 2.15 bits per heavy atom. The van der Waals surface area contributed by atoms with E-state index in [1.54, 1.807) is 0 Å². The molecule has 2 N–H and O–H groups in total. The number of fused-ring (bicyclic) bond motifs is 1. The van der Waals surface area contributed by atoms with Crippen LogP contribution >= 0.6 is 23.5 Å². The van der Waals surface area contributed by atoms with E-state index in [9.17, 15) is 19.5 Å². The van der Waals surface area contributed by atoms with Gasteiger partial charge in [0, 0.05) is 5.75 Å². The molecule has 2 aliphatic heterocycles. The smallest absolute Gasteiger partial charge is 0.352 e. The molecule has 2 amide bonds. The van der Waals surface area contributed by atoms with Crippen LogP contribution in [-0.2, 0) is 14.4 Å². The Labute approximate surface area is 162 Å². The van der Waals surface area contributed by atoms with E-state index < -0.39 is 12.0 Å². The van der Waals surface area contributed by atoms with Crippen LogP contribution in [0.15, 0.2) is 23.4 Å². The van der Waals surface area contributed by atoms with Crippen molar-refractivity contribution in [1.29, 1.82) is 0 Å². The first-order valence-corrected chi connectivity index (χ1v) is 11.3. The van der Waals surface area contributed by atoms with Gasteiger partial charge >= 0.3 is 5.97 Å². The van der Waals surface area contributed by atoms with E-state index in [4.69, 9.17) is 0 Å². The predicted octanol–water partition coefficient (Wildman–Crippen LogP) is 2.61. The van der Waals surface area contributed by atoms with Gasteiger partial charge in [0.2, 0.25) is 5.91 Å². The number of β-lactam (4-membered cyclic amide) rings is 1. The summed E-state index contributed by atoms with van der Waals surface area (Å²) in [6, 6.07) is -0.631. The summed E-state index contributed by atoms with van der Waals surface area (Å²) in [7, 11) is 0. The lowest BCUT2D eigenvalue weighted by Crippen LogP contribution is -2.70. The highest BCUT2D eigenvalue weighted by Crippen LogP contribution is 2.40. The van der Waals surface area contributed by atoms with E-state index >= 15 is 0 Å². The van der Waals surface area contributed by atoms with E-state index in [2.05, 4.69) is 12.2 Å². The van der Waals surface area contributed by atoms with Crippen LogP contribution < -0.4 is 5.32 Å². The Balaban J connectivity index is 2.03. The number of thioether (sulfide) groups is 2. The number of unbranched alkanes of at least 4 members (excludes halogenated alkanes) is 4. The molecule has 1 fully saturated rings. The molecule has 0 spiro atoms. The maximum absolute atomic E-state index is 12.4. The highest BCUT2D eigenvalue weighted by Gasteiger charge is 2.53. The fraction of sp³-hybridized carbons (Fsp3) is 0.611. The molecule has 144 valence electrons. The Kier molecular flexibility index (Phi) is 8.09. The number of rotatable bonds is 10. The Bertz CT molecular complexity index is 618. The molecule has 0 aromatic carbocycles. The van der Waals surface area contributed by atoms with Gasteiger partial charge in [0.25, 0.3) is 5.91 Å². The van der Waals surface area contributed by atoms with Crippen molar-refractivity contribution in [2.75, 3.05) is 17.8 Å². The second kappa shape index (κ2) is 10.1. The van der Waals surface area contributed by atoms with Gasteiger partial charge in [0.15, 0.2) is 0 Å². The van der Waals surface area contributed by atoms with Gasteiger partial charge in [-0.25, -0.2) is 4.79 Å². The minimum absolute atomic E-state index is 0.0546. The first-order valence-electron chi connectivity index (χ1n) is 8.87. The quantitative estimate of drug-likeness (QED) is 0.435. The minimum atomic E-state index is -1.09. The zero-order chi connectivity index (χ0) is 19.1. The van der Waals surface area contributed by atoms with E-state index in [1.807, 2.05) is 18.4 Å². The lowest BCUT2D eigenvalue weighted by Gasteiger charge is -2.49. The number of nitrogens with zero attached hydrogens (tertiary/aromatic N) is 1. The summed E-state index contributed by atoms with van der Waals surface area (Å²) in [5.74, 6) is -0.827. The van der Waals surface area contributed by atoms with Gasteiger partial charge in [-0.2, -0.15) is 11.8 Å². The number of amides is 2. The van der Waals surface area contributed by atoms with Crippen molar-refractivity contribution in [2.24, 2.45) is 0 Å². The van der Waals surface area contributed by atoms with Crippen molar-refractivity contribution in [3.8, 4) is 0 Å². The zero-order valence-corrected chi connectivity index (χ0v) is 16.8. The average molecular weight is 399 g/mol. The maximum atomic E-state index is 12.4. The molecule has 8 heteroatoms. The first-order chi connectivity index (χ1) is 12.5. The summed E-state index contributed by atoms with van der Waals surface area (Å²) in [4.78, 5) is 37.2. The van der Waals surface area contributed by atoms with Crippen molar-refractivity contribution < 1.29 is 19.5 Å². The third-order valence-electron chi connectivity index (χ3n) is 4.34. The molecule has 0 saturated carbocycles. The number of hydrogen-bond donors (Lipinski definition) is 2. The molecule has 0 aromatic heterocycles. The molecular weight excluding hydrogens is 372 g/mol. The van der Waals surface area contributed by atoms with Crippen molar-refractivity contribution in [3.63, 3.8) is 0 Å². The van der Waals surface area contributed by atoms with Crippen LogP contribution in [0, 0.1) is 0 Å². The SMILES string of the molecule is CCCCCCC=CC1=C(C(=O)O)N2C(=O)C(NC(=O)CSC)[C@H]2SC1. The largest absolute Gasteiger partial charge is 0.477 e. The van der Waals surface area contributed by atoms with Crippen molar-refractivity contribution in [1.82, 2.24) is 10.2 Å². The first kappa shape index (κ1) is 20.9. The van der Waals surface area contributed by atoms with Crippen molar-refractivity contribution in [3.05, 3.63) is 23.4 Å². The van der Waals surface area contributed by atoms with Gasteiger partial charge in [0.05, 0.1) is 5.75 Å². The van der Waals surface area contributed by atoms with Crippen LogP contribution in [-0.4, -0.2) is 57.0 Å². The molecule has 2 aliphatic rings. The summed E-state index contributed by atoms with van der Waals surface area (Å²) in [6.07, 6.45) is 11.2. The van der Waals surface area contributed by atoms with Gasteiger partial charge in [-0.05, 0) is 24.7 Å². The lowest BCUT2D eigenvalue weighted by atomic mass is 10.0. The summed E-state index contributed by atoms with van der Waals surface area (Å²) < 4.78 is 0. The number of allylic oxidation sites excluding steroid dienone is 2. The third kappa shape index (κ3) is 4.85. The Morgan fingerprint density at radius 3 is 2.81 bits per heavy atom. The molecule has 1 saturated heterocycles. The standard InChI is InChI=1S/C18H26N2O4S2/c1-3-4-5-6-7-8-9-12-10-26-17-14(19-13(21)11-25-2)16(22)20(17)15(12)18(23)24/h8-9,14,17H,3-7,10-11H2,1-2H3,(H,19,21)(H,23,24)/t14?,17-/m1/s1. The Morgan fingerprint density at radius 1 is 1.38 bits per heavy atom. The molecule has 6 nitrogen and oxygen atoms in total. The average Bonchev–Trinajstić information content (AvgIpc) is 2.62. The van der Waals surface area contributed by atoms with Crippen LogP contribution in [0.2, 0.25) is 0 Å². The number of carbonyl (C=O) groups is 3. The van der Waals surface area contributed by atoms with E-state index in [1.165, 1.54) is 47.7 Å². The van der Waals surface area contributed by atoms with Crippen LogP contribution in [0.1, 0.15) is 39.0 Å². The molecule has 2 heterocycles.